The summed E-state index contributed by atoms with van der Waals surface area (Å²) < 4.78 is 23.9. The van der Waals surface area contributed by atoms with Crippen LogP contribution in [-0.2, 0) is 6.61 Å². The van der Waals surface area contributed by atoms with Gasteiger partial charge in [-0.15, -0.1) is 0 Å². The number of nitrogens with two attached hydrogens (primary N) is 1. The van der Waals surface area contributed by atoms with Crippen LogP contribution in [0.5, 0.6) is 11.5 Å². The van der Waals surface area contributed by atoms with Crippen molar-refractivity contribution in [3.63, 3.8) is 0 Å². The molecule has 0 bridgehead atoms. The summed E-state index contributed by atoms with van der Waals surface area (Å²) in [5.74, 6) is -1.38. The van der Waals surface area contributed by atoms with Gasteiger partial charge in [0.25, 0.3) is 0 Å². The summed E-state index contributed by atoms with van der Waals surface area (Å²) in [6.07, 6.45) is -1.15. The molecule has 0 aliphatic rings. The van der Waals surface area contributed by atoms with Gasteiger partial charge in [0.05, 0.1) is 5.02 Å². The van der Waals surface area contributed by atoms with E-state index in [1.54, 1.807) is 0 Å². The van der Waals surface area contributed by atoms with Crippen LogP contribution in [0.2, 0.25) is 5.02 Å². The molecule has 0 heterocycles. The topological polar surface area (TPSA) is 61.6 Å². The summed E-state index contributed by atoms with van der Waals surface area (Å²) >= 11 is 5.73. The Morgan fingerprint density at radius 3 is 2.55 bits per heavy atom. The molecule has 0 aromatic heterocycles. The largest absolute Gasteiger partial charge is 0.486 e. The molecule has 0 unspecified atom stereocenters. The van der Waals surface area contributed by atoms with Crippen LogP contribution in [0.4, 0.5) is 9.18 Å². The molecule has 6 heteroatoms. The number of halogens is 2. The lowest BCUT2D eigenvalue weighted by Gasteiger charge is -2.11. The van der Waals surface area contributed by atoms with Crippen LogP contribution in [-0.4, -0.2) is 6.09 Å². The molecule has 2 rings (SSSR count). The lowest BCUT2D eigenvalue weighted by atomic mass is 10.2. The molecular weight excluding hydrogens is 285 g/mol. The van der Waals surface area contributed by atoms with Gasteiger partial charge in [0, 0.05) is 0 Å². The van der Waals surface area contributed by atoms with Gasteiger partial charge in [0.1, 0.15) is 6.61 Å². The minimum absolute atomic E-state index is 0.0617. The molecule has 0 saturated heterocycles. The number of hydrogen-bond acceptors (Lipinski definition) is 3. The molecular formula is C14H11ClFNO3. The number of rotatable bonds is 4. The zero-order valence-electron chi connectivity index (χ0n) is 10.3. The Hall–Kier alpha value is -2.27. The van der Waals surface area contributed by atoms with E-state index < -0.39 is 17.7 Å². The molecule has 0 saturated carbocycles. The minimum Gasteiger partial charge on any atom is -0.486 e. The first-order valence-electron chi connectivity index (χ1n) is 5.70. The van der Waals surface area contributed by atoms with Crippen LogP contribution in [0.1, 0.15) is 5.56 Å². The molecule has 20 heavy (non-hydrogen) atoms. The zero-order chi connectivity index (χ0) is 14.5. The van der Waals surface area contributed by atoms with Crippen molar-refractivity contribution in [3.8, 4) is 11.5 Å². The first-order chi connectivity index (χ1) is 9.58. The highest BCUT2D eigenvalue weighted by atomic mass is 35.5. The van der Waals surface area contributed by atoms with Crippen LogP contribution in [0.25, 0.3) is 0 Å². The van der Waals surface area contributed by atoms with Gasteiger partial charge in [0.2, 0.25) is 5.82 Å². The zero-order valence-corrected chi connectivity index (χ0v) is 11.1. The molecule has 0 atom stereocenters. The fourth-order valence-electron chi connectivity index (χ4n) is 1.56. The second-order valence-electron chi connectivity index (χ2n) is 3.88. The van der Waals surface area contributed by atoms with Gasteiger partial charge in [-0.3, -0.25) is 0 Å². The van der Waals surface area contributed by atoms with Crippen LogP contribution in [0.3, 0.4) is 0 Å². The molecule has 2 aromatic carbocycles. The third kappa shape index (κ3) is 3.39. The predicted octanol–water partition coefficient (Wildman–Crippen LogP) is 3.52. The summed E-state index contributed by atoms with van der Waals surface area (Å²) in [4.78, 5) is 10.7. The van der Waals surface area contributed by atoms with Gasteiger partial charge in [-0.05, 0) is 17.7 Å². The number of ether oxygens (including phenoxy) is 2. The van der Waals surface area contributed by atoms with Gasteiger partial charge in [0.15, 0.2) is 11.5 Å². The monoisotopic (exact) mass is 295 g/mol. The van der Waals surface area contributed by atoms with Gasteiger partial charge >= 0.3 is 6.09 Å². The van der Waals surface area contributed by atoms with Gasteiger partial charge in [-0.25, -0.2) is 4.79 Å². The predicted molar refractivity (Wildman–Crippen MR) is 72.4 cm³/mol. The maximum Gasteiger partial charge on any atom is 0.410 e. The summed E-state index contributed by atoms with van der Waals surface area (Å²) in [6.45, 7) is 0.176. The van der Waals surface area contributed by atoms with Gasteiger partial charge in [-0.2, -0.15) is 4.39 Å². The molecule has 104 valence electrons. The SMILES string of the molecule is NC(=O)Oc1c(Cl)ccc(OCc2ccccc2)c1F. The molecule has 2 aromatic rings. The summed E-state index contributed by atoms with van der Waals surface area (Å²) in [7, 11) is 0. The molecule has 0 spiro atoms. The number of carbonyl (C=O) groups is 1. The number of benzene rings is 2. The maximum atomic E-state index is 14.1. The van der Waals surface area contributed by atoms with E-state index in [2.05, 4.69) is 4.74 Å². The Labute approximate surface area is 119 Å². The second kappa shape index (κ2) is 6.25. The van der Waals surface area contributed by atoms with E-state index in [0.29, 0.717) is 0 Å². The highest BCUT2D eigenvalue weighted by Crippen LogP contribution is 2.34. The van der Waals surface area contributed by atoms with Crippen LogP contribution >= 0.6 is 11.6 Å². The third-order valence-electron chi connectivity index (χ3n) is 2.45. The van der Waals surface area contributed by atoms with Crippen molar-refractivity contribution < 1.29 is 18.7 Å². The van der Waals surface area contributed by atoms with Crippen molar-refractivity contribution in [1.82, 2.24) is 0 Å². The number of carbonyl (C=O) groups excluding carboxylic acids is 1. The van der Waals surface area contributed by atoms with E-state index in [-0.39, 0.29) is 17.4 Å². The quantitative estimate of drug-likeness (QED) is 0.939. The van der Waals surface area contributed by atoms with Crippen LogP contribution in [0.15, 0.2) is 42.5 Å². The van der Waals surface area contributed by atoms with Gasteiger partial charge < -0.3 is 15.2 Å². The molecule has 0 fully saturated rings. The fourth-order valence-corrected chi connectivity index (χ4v) is 1.74. The summed E-state index contributed by atoms with van der Waals surface area (Å²) in [6, 6.07) is 12.0. The Kier molecular flexibility index (Phi) is 4.42. The van der Waals surface area contributed by atoms with Gasteiger partial charge in [-0.1, -0.05) is 41.9 Å². The molecule has 1 amide bonds. The molecule has 2 N–H and O–H groups in total. The first-order valence-corrected chi connectivity index (χ1v) is 6.07. The van der Waals surface area contributed by atoms with E-state index in [4.69, 9.17) is 22.1 Å². The highest BCUT2D eigenvalue weighted by Gasteiger charge is 2.17. The Bertz CT molecular complexity index is 619. The molecule has 0 aliphatic heterocycles. The molecule has 0 radical (unpaired) electrons. The fraction of sp³-hybridized carbons (Fsp3) is 0.0714. The van der Waals surface area contributed by atoms with E-state index in [9.17, 15) is 9.18 Å². The lowest BCUT2D eigenvalue weighted by molar-refractivity contribution is 0.207. The Balaban J connectivity index is 2.18. The Morgan fingerprint density at radius 1 is 1.20 bits per heavy atom. The summed E-state index contributed by atoms with van der Waals surface area (Å²) in [5, 5.41) is -0.0617. The van der Waals surface area contributed by atoms with Crippen molar-refractivity contribution in [2.24, 2.45) is 5.73 Å². The van der Waals surface area contributed by atoms with Crippen molar-refractivity contribution in [2.45, 2.75) is 6.61 Å². The first kappa shape index (κ1) is 14.1. The molecule has 4 nitrogen and oxygen atoms in total. The lowest BCUT2D eigenvalue weighted by Crippen LogP contribution is -2.17. The smallest absolute Gasteiger partial charge is 0.410 e. The normalized spacial score (nSPS) is 10.1. The van der Waals surface area contributed by atoms with Crippen molar-refractivity contribution in [2.75, 3.05) is 0 Å². The van der Waals surface area contributed by atoms with E-state index in [1.807, 2.05) is 30.3 Å². The Morgan fingerprint density at radius 2 is 1.90 bits per heavy atom. The standard InChI is InChI=1S/C14H11ClFNO3/c15-10-6-7-11(12(16)13(10)20-14(17)18)19-8-9-4-2-1-3-5-9/h1-7H,8H2,(H2,17,18). The van der Waals surface area contributed by atoms with Crippen LogP contribution in [0, 0.1) is 5.82 Å². The average molecular weight is 296 g/mol. The van der Waals surface area contributed by atoms with E-state index >= 15 is 0 Å². The minimum atomic E-state index is -1.15. The van der Waals surface area contributed by atoms with E-state index in [1.165, 1.54) is 12.1 Å². The van der Waals surface area contributed by atoms with Crippen molar-refractivity contribution in [3.05, 3.63) is 58.9 Å². The van der Waals surface area contributed by atoms with Crippen LogP contribution < -0.4 is 15.2 Å². The van der Waals surface area contributed by atoms with Crippen molar-refractivity contribution in [1.29, 1.82) is 0 Å². The average Bonchev–Trinajstić information content (AvgIpc) is 2.43. The van der Waals surface area contributed by atoms with Crippen molar-refractivity contribution >= 4 is 17.7 Å². The summed E-state index contributed by atoms with van der Waals surface area (Å²) in [5.41, 5.74) is 5.72. The highest BCUT2D eigenvalue weighted by molar-refractivity contribution is 6.32. The second-order valence-corrected chi connectivity index (χ2v) is 4.29. The maximum absolute atomic E-state index is 14.1. The number of amides is 1. The third-order valence-corrected chi connectivity index (χ3v) is 2.75. The molecule has 0 aliphatic carbocycles. The number of primary amides is 1. The van der Waals surface area contributed by atoms with E-state index in [0.717, 1.165) is 5.56 Å². The number of hydrogen-bond donors (Lipinski definition) is 1.